The van der Waals surface area contributed by atoms with Gasteiger partial charge in [0.15, 0.2) is 11.4 Å². The first-order valence-corrected chi connectivity index (χ1v) is 5.58. The highest BCUT2D eigenvalue weighted by atomic mass is 16.5. The Bertz CT molecular complexity index is 407. The first-order valence-electron chi connectivity index (χ1n) is 5.58. The number of rotatable bonds is 0. The van der Waals surface area contributed by atoms with Gasteiger partial charge in [-0.05, 0) is 30.4 Å². The normalized spacial score (nSPS) is 29.5. The van der Waals surface area contributed by atoms with Gasteiger partial charge in [0.05, 0.1) is 6.61 Å². The molecular formula is C13H14O2. The summed E-state index contributed by atoms with van der Waals surface area (Å²) in [6.07, 6.45) is 3.66. The van der Waals surface area contributed by atoms with Crippen LogP contribution in [-0.2, 0) is 21.7 Å². The van der Waals surface area contributed by atoms with E-state index in [2.05, 4.69) is 6.07 Å². The number of hydrogen-bond acceptors (Lipinski definition) is 2. The van der Waals surface area contributed by atoms with E-state index in [0.717, 1.165) is 24.8 Å². The third kappa shape index (κ3) is 1.18. The minimum Gasteiger partial charge on any atom is -0.358 e. The lowest BCUT2D eigenvalue weighted by Crippen LogP contribution is -2.38. The van der Waals surface area contributed by atoms with Gasteiger partial charge in [0, 0.05) is 6.42 Å². The van der Waals surface area contributed by atoms with Gasteiger partial charge in [-0.2, -0.15) is 0 Å². The Hall–Kier alpha value is -1.15. The summed E-state index contributed by atoms with van der Waals surface area (Å²) in [6.45, 7) is 0.599. The molecule has 3 rings (SSSR count). The van der Waals surface area contributed by atoms with E-state index < -0.39 is 5.60 Å². The molecular weight excluding hydrogens is 188 g/mol. The van der Waals surface area contributed by atoms with Crippen LogP contribution in [0.5, 0.6) is 0 Å². The molecule has 0 saturated heterocycles. The molecule has 1 heterocycles. The van der Waals surface area contributed by atoms with E-state index in [0.29, 0.717) is 13.0 Å². The molecule has 1 aromatic rings. The molecule has 0 aromatic heterocycles. The minimum atomic E-state index is -0.575. The van der Waals surface area contributed by atoms with E-state index in [1.165, 1.54) is 5.56 Å². The molecule has 1 spiro atoms. The summed E-state index contributed by atoms with van der Waals surface area (Å²) in [6, 6.07) is 8.11. The van der Waals surface area contributed by atoms with Crippen LogP contribution in [0.3, 0.4) is 0 Å². The molecule has 0 N–H and O–H groups in total. The van der Waals surface area contributed by atoms with Crippen molar-refractivity contribution in [2.45, 2.75) is 37.9 Å². The van der Waals surface area contributed by atoms with Crippen LogP contribution in [0.1, 0.15) is 36.8 Å². The predicted octanol–water partition coefficient (Wildman–Crippen LogP) is 2.56. The Morgan fingerprint density at radius 2 is 2.07 bits per heavy atom. The number of ketones is 1. The number of benzene rings is 1. The van der Waals surface area contributed by atoms with Crippen LogP contribution < -0.4 is 0 Å². The molecule has 1 aliphatic heterocycles. The smallest absolute Gasteiger partial charge is 0.169 e. The minimum absolute atomic E-state index is 0.277. The van der Waals surface area contributed by atoms with Crippen LogP contribution in [0.2, 0.25) is 0 Å². The standard InChI is InChI=1S/C13H14O2/c14-12-7-3-4-8-13(12)11-6-2-1-5-10(11)9-15-13/h1-2,5-6H,3-4,7-9H2. The molecule has 1 atom stereocenters. The molecule has 0 bridgehead atoms. The van der Waals surface area contributed by atoms with Crippen LogP contribution >= 0.6 is 0 Å². The summed E-state index contributed by atoms with van der Waals surface area (Å²) >= 11 is 0. The van der Waals surface area contributed by atoms with Crippen molar-refractivity contribution in [3.05, 3.63) is 35.4 Å². The van der Waals surface area contributed by atoms with Gasteiger partial charge >= 0.3 is 0 Å². The maximum Gasteiger partial charge on any atom is 0.169 e. The molecule has 1 aliphatic carbocycles. The van der Waals surface area contributed by atoms with Crippen LogP contribution in [0.25, 0.3) is 0 Å². The third-order valence-corrected chi connectivity index (χ3v) is 3.56. The van der Waals surface area contributed by atoms with Gasteiger partial charge in [-0.1, -0.05) is 24.3 Å². The maximum atomic E-state index is 12.1. The monoisotopic (exact) mass is 202 g/mol. The zero-order valence-electron chi connectivity index (χ0n) is 8.66. The molecule has 1 fully saturated rings. The van der Waals surface area contributed by atoms with E-state index in [-0.39, 0.29) is 5.78 Å². The van der Waals surface area contributed by atoms with E-state index in [9.17, 15) is 4.79 Å². The van der Waals surface area contributed by atoms with Crippen LogP contribution in [0.15, 0.2) is 24.3 Å². The molecule has 15 heavy (non-hydrogen) atoms. The van der Waals surface area contributed by atoms with Gasteiger partial charge in [-0.3, -0.25) is 4.79 Å². The van der Waals surface area contributed by atoms with Gasteiger partial charge in [0.1, 0.15) is 0 Å². The molecule has 2 heteroatoms. The summed E-state index contributed by atoms with van der Waals surface area (Å²) in [5, 5.41) is 0. The number of fused-ring (bicyclic) bond motifs is 2. The lowest BCUT2D eigenvalue weighted by molar-refractivity contribution is -0.149. The lowest BCUT2D eigenvalue weighted by Gasteiger charge is -2.31. The topological polar surface area (TPSA) is 26.3 Å². The molecule has 0 amide bonds. The quantitative estimate of drug-likeness (QED) is 0.646. The average Bonchev–Trinajstić information content (AvgIpc) is 2.64. The van der Waals surface area contributed by atoms with Crippen molar-refractivity contribution >= 4 is 5.78 Å². The van der Waals surface area contributed by atoms with Gasteiger partial charge in [-0.25, -0.2) is 0 Å². The Labute approximate surface area is 89.2 Å². The van der Waals surface area contributed by atoms with Crippen molar-refractivity contribution in [3.63, 3.8) is 0 Å². The summed E-state index contributed by atoms with van der Waals surface area (Å²) in [7, 11) is 0. The average molecular weight is 202 g/mol. The highest BCUT2D eigenvalue weighted by Gasteiger charge is 2.46. The Balaban J connectivity index is 2.11. The van der Waals surface area contributed by atoms with Crippen molar-refractivity contribution in [1.82, 2.24) is 0 Å². The van der Waals surface area contributed by atoms with E-state index >= 15 is 0 Å². The second-order valence-corrected chi connectivity index (χ2v) is 4.40. The fraction of sp³-hybridized carbons (Fsp3) is 0.462. The van der Waals surface area contributed by atoms with Crippen molar-refractivity contribution in [2.24, 2.45) is 0 Å². The van der Waals surface area contributed by atoms with E-state index in [4.69, 9.17) is 4.74 Å². The molecule has 2 nitrogen and oxygen atoms in total. The summed E-state index contributed by atoms with van der Waals surface area (Å²) in [5.74, 6) is 0.277. The van der Waals surface area contributed by atoms with Crippen LogP contribution in [0.4, 0.5) is 0 Å². The largest absolute Gasteiger partial charge is 0.358 e. The zero-order valence-corrected chi connectivity index (χ0v) is 8.66. The Kier molecular flexibility index (Phi) is 1.93. The molecule has 2 aliphatic rings. The number of Topliss-reactive ketones (excluding diaryl/α,β-unsaturated/α-hetero) is 1. The number of ether oxygens (including phenoxy) is 1. The first-order chi connectivity index (χ1) is 7.33. The molecule has 1 saturated carbocycles. The van der Waals surface area contributed by atoms with Crippen molar-refractivity contribution in [3.8, 4) is 0 Å². The maximum absolute atomic E-state index is 12.1. The van der Waals surface area contributed by atoms with Crippen LogP contribution in [0, 0.1) is 0 Å². The second kappa shape index (κ2) is 3.17. The fourth-order valence-corrected chi connectivity index (χ4v) is 2.76. The number of carbonyl (C=O) groups is 1. The van der Waals surface area contributed by atoms with Gasteiger partial charge in [0.25, 0.3) is 0 Å². The predicted molar refractivity (Wildman–Crippen MR) is 56.4 cm³/mol. The van der Waals surface area contributed by atoms with Crippen molar-refractivity contribution in [2.75, 3.05) is 0 Å². The van der Waals surface area contributed by atoms with E-state index in [1.807, 2.05) is 18.2 Å². The van der Waals surface area contributed by atoms with Gasteiger partial charge in [-0.15, -0.1) is 0 Å². The molecule has 0 radical (unpaired) electrons. The highest BCUT2D eigenvalue weighted by molar-refractivity contribution is 5.90. The lowest BCUT2D eigenvalue weighted by atomic mass is 9.78. The number of hydrogen-bond donors (Lipinski definition) is 0. The van der Waals surface area contributed by atoms with Crippen molar-refractivity contribution < 1.29 is 9.53 Å². The first kappa shape index (κ1) is 9.10. The molecule has 1 aromatic carbocycles. The van der Waals surface area contributed by atoms with Crippen molar-refractivity contribution in [1.29, 1.82) is 0 Å². The number of carbonyl (C=O) groups excluding carboxylic acids is 1. The molecule has 1 unspecified atom stereocenters. The zero-order chi connectivity index (χ0) is 10.3. The molecule has 78 valence electrons. The second-order valence-electron chi connectivity index (χ2n) is 4.40. The van der Waals surface area contributed by atoms with Gasteiger partial charge in [0.2, 0.25) is 0 Å². The van der Waals surface area contributed by atoms with Gasteiger partial charge < -0.3 is 4.74 Å². The van der Waals surface area contributed by atoms with E-state index in [1.54, 1.807) is 0 Å². The SMILES string of the molecule is O=C1CCCCC12OCc1ccccc12. The summed E-state index contributed by atoms with van der Waals surface area (Å²) in [4.78, 5) is 12.1. The fourth-order valence-electron chi connectivity index (χ4n) is 2.76. The Morgan fingerprint density at radius 1 is 1.20 bits per heavy atom. The summed E-state index contributed by atoms with van der Waals surface area (Å²) in [5.41, 5.74) is 1.73. The Morgan fingerprint density at radius 3 is 2.93 bits per heavy atom. The van der Waals surface area contributed by atoms with Crippen LogP contribution in [-0.4, -0.2) is 5.78 Å². The highest BCUT2D eigenvalue weighted by Crippen LogP contribution is 2.44. The third-order valence-electron chi connectivity index (χ3n) is 3.56. The summed E-state index contributed by atoms with van der Waals surface area (Å²) < 4.78 is 5.81.